The Bertz CT molecular complexity index is 882. The average Bonchev–Trinajstić information content (AvgIpc) is 2.73. The van der Waals surface area contributed by atoms with Crippen LogP contribution in [0.25, 0.3) is 0 Å². The number of allylic oxidation sites excluding steroid dienone is 2. The quantitative estimate of drug-likeness (QED) is 0.492. The number of hydrogen-bond donors (Lipinski definition) is 1. The predicted octanol–water partition coefficient (Wildman–Crippen LogP) is 3.96. The molecule has 1 N–H and O–H groups in total. The van der Waals surface area contributed by atoms with Gasteiger partial charge < -0.3 is 14.9 Å². The molecule has 6 nitrogen and oxygen atoms in total. The van der Waals surface area contributed by atoms with Crippen LogP contribution in [0.4, 0.5) is 10.1 Å². The molecule has 1 atom stereocenters. The summed E-state index contributed by atoms with van der Waals surface area (Å²) in [6.45, 7) is 2.17. The van der Waals surface area contributed by atoms with Gasteiger partial charge in [0, 0.05) is 23.6 Å². The Morgan fingerprint density at radius 3 is 2.62 bits per heavy atom. The number of carbonyl (C=O) groups excluding carboxylic acids is 1. The number of aliphatic imine (C=N–C) groups is 1. The van der Waals surface area contributed by atoms with Crippen molar-refractivity contribution in [3.05, 3.63) is 46.6 Å². The fraction of sp³-hybridized carbons (Fsp3) is 0.350. The van der Waals surface area contributed by atoms with Gasteiger partial charge in [0.05, 0.1) is 23.3 Å². The summed E-state index contributed by atoms with van der Waals surface area (Å²) >= 11 is 3.17. The summed E-state index contributed by atoms with van der Waals surface area (Å²) in [6, 6.07) is 4.55. The first-order valence-corrected chi connectivity index (χ1v) is 11.3. The third-order valence-electron chi connectivity index (χ3n) is 4.01. The van der Waals surface area contributed by atoms with Crippen LogP contribution in [0.3, 0.4) is 0 Å². The summed E-state index contributed by atoms with van der Waals surface area (Å²) in [4.78, 5) is 23.0. The van der Waals surface area contributed by atoms with Crippen molar-refractivity contribution < 1.29 is 18.8 Å². The van der Waals surface area contributed by atoms with Gasteiger partial charge in [-0.25, -0.2) is 4.39 Å². The van der Waals surface area contributed by atoms with Crippen molar-refractivity contribution in [1.29, 1.82) is 0 Å². The molecule has 0 heterocycles. The van der Waals surface area contributed by atoms with Gasteiger partial charge in [0.25, 0.3) is 5.91 Å². The number of halogens is 1. The predicted molar refractivity (Wildman–Crippen MR) is 120 cm³/mol. The Labute approximate surface area is 178 Å². The fourth-order valence-electron chi connectivity index (χ4n) is 2.73. The molecular weight excluding hydrogens is 413 g/mol. The lowest BCUT2D eigenvalue weighted by molar-refractivity contribution is -0.114. The topological polar surface area (TPSA) is 72.3 Å². The molecule has 0 bridgehead atoms. The molecule has 1 aromatic rings. The highest BCUT2D eigenvalue weighted by Crippen LogP contribution is 2.35. The minimum absolute atomic E-state index is 0.107. The Morgan fingerprint density at radius 1 is 1.31 bits per heavy atom. The molecule has 9 heteroatoms. The van der Waals surface area contributed by atoms with Crippen molar-refractivity contribution in [1.82, 2.24) is 5.32 Å². The second-order valence-corrected chi connectivity index (χ2v) is 7.54. The summed E-state index contributed by atoms with van der Waals surface area (Å²) in [5, 5.41) is 6.33. The maximum Gasteiger partial charge on any atom is 0.273 e. The van der Waals surface area contributed by atoms with Crippen LogP contribution in [-0.4, -0.2) is 55.9 Å². The molecular formula is C20H24FN3O3S2. The highest BCUT2D eigenvalue weighted by molar-refractivity contribution is 8.06. The Morgan fingerprint density at radius 2 is 2.07 bits per heavy atom. The molecule has 1 aliphatic rings. The SMILES string of the molecule is CCOc1ccc(N=C2C(/C(=N\OC)C(=O)NC)=CC=C(SC)C2SC)cc1F. The van der Waals surface area contributed by atoms with E-state index in [4.69, 9.17) is 14.6 Å². The van der Waals surface area contributed by atoms with E-state index in [1.807, 2.05) is 18.6 Å². The third kappa shape index (κ3) is 5.42. The normalized spacial score (nSPS) is 18.2. The number of carbonyl (C=O) groups is 1. The molecule has 29 heavy (non-hydrogen) atoms. The van der Waals surface area contributed by atoms with E-state index in [0.29, 0.717) is 23.6 Å². The van der Waals surface area contributed by atoms with E-state index >= 15 is 0 Å². The number of rotatable bonds is 8. The van der Waals surface area contributed by atoms with Crippen molar-refractivity contribution in [2.45, 2.75) is 12.2 Å². The zero-order valence-electron chi connectivity index (χ0n) is 17.0. The molecule has 1 aliphatic carbocycles. The monoisotopic (exact) mass is 437 g/mol. The molecule has 0 saturated heterocycles. The van der Waals surface area contributed by atoms with E-state index < -0.39 is 11.7 Å². The van der Waals surface area contributed by atoms with Gasteiger partial charge in [0.1, 0.15) is 7.11 Å². The number of benzene rings is 1. The van der Waals surface area contributed by atoms with Gasteiger partial charge in [0.15, 0.2) is 17.3 Å². The van der Waals surface area contributed by atoms with E-state index in [1.165, 1.54) is 20.2 Å². The minimum Gasteiger partial charge on any atom is -0.491 e. The smallest absolute Gasteiger partial charge is 0.273 e. The van der Waals surface area contributed by atoms with Crippen molar-refractivity contribution in [3.63, 3.8) is 0 Å². The second-order valence-electron chi connectivity index (χ2n) is 5.72. The summed E-state index contributed by atoms with van der Waals surface area (Å²) in [6.07, 6.45) is 7.66. The highest BCUT2D eigenvalue weighted by atomic mass is 32.2. The number of nitrogens with one attached hydrogen (secondary N) is 1. The Kier molecular flexibility index (Phi) is 8.78. The van der Waals surface area contributed by atoms with Gasteiger partial charge in [-0.2, -0.15) is 11.8 Å². The lowest BCUT2D eigenvalue weighted by Gasteiger charge is -2.25. The van der Waals surface area contributed by atoms with E-state index in [0.717, 1.165) is 4.91 Å². The van der Waals surface area contributed by atoms with Crippen LogP contribution in [0.2, 0.25) is 0 Å². The number of oxime groups is 1. The van der Waals surface area contributed by atoms with Crippen LogP contribution in [0, 0.1) is 5.82 Å². The van der Waals surface area contributed by atoms with E-state index in [1.54, 1.807) is 48.7 Å². The van der Waals surface area contributed by atoms with Crippen LogP contribution in [0.15, 0.2) is 51.0 Å². The number of thioether (sulfide) groups is 2. The number of nitrogens with zero attached hydrogens (tertiary/aromatic N) is 2. The third-order valence-corrected chi connectivity index (χ3v) is 5.95. The first-order chi connectivity index (χ1) is 14.0. The fourth-order valence-corrected chi connectivity index (χ4v) is 4.55. The van der Waals surface area contributed by atoms with E-state index in [-0.39, 0.29) is 16.7 Å². The maximum absolute atomic E-state index is 14.3. The van der Waals surface area contributed by atoms with Gasteiger partial charge in [-0.15, -0.1) is 11.8 Å². The van der Waals surface area contributed by atoms with Crippen molar-refractivity contribution in [2.24, 2.45) is 10.1 Å². The Hall–Kier alpha value is -2.26. The van der Waals surface area contributed by atoms with E-state index in [9.17, 15) is 9.18 Å². The van der Waals surface area contributed by atoms with Gasteiger partial charge in [-0.05, 0) is 37.6 Å². The highest BCUT2D eigenvalue weighted by Gasteiger charge is 2.31. The van der Waals surface area contributed by atoms with Gasteiger partial charge >= 0.3 is 0 Å². The van der Waals surface area contributed by atoms with E-state index in [2.05, 4.69) is 10.5 Å². The number of amides is 1. The Balaban J connectivity index is 2.61. The standard InChI is InChI=1S/C20H24FN3O3S2/c1-6-27-15-9-7-12(11-14(15)21)23-17-13(18(24-26-3)20(25)22-2)8-10-16(28-4)19(17)29-5/h7-11,19H,6H2,1-5H3,(H,22,25)/b23-17?,24-18+. The first kappa shape index (κ1) is 23.0. The molecule has 1 aromatic carbocycles. The minimum atomic E-state index is -0.492. The van der Waals surface area contributed by atoms with Crippen LogP contribution in [-0.2, 0) is 9.63 Å². The van der Waals surface area contributed by atoms with Gasteiger partial charge in [0.2, 0.25) is 0 Å². The number of hydrogen-bond acceptors (Lipinski definition) is 7. The zero-order valence-corrected chi connectivity index (χ0v) is 18.6. The molecule has 0 spiro atoms. The molecule has 1 amide bonds. The van der Waals surface area contributed by atoms with Crippen molar-refractivity contribution >= 4 is 46.5 Å². The molecule has 0 radical (unpaired) electrons. The van der Waals surface area contributed by atoms with Crippen LogP contribution in [0.1, 0.15) is 6.92 Å². The van der Waals surface area contributed by atoms with Crippen LogP contribution < -0.4 is 10.1 Å². The first-order valence-electron chi connectivity index (χ1n) is 8.84. The number of ether oxygens (including phenoxy) is 1. The molecule has 0 fully saturated rings. The lowest BCUT2D eigenvalue weighted by Crippen LogP contribution is -2.35. The molecule has 0 aliphatic heterocycles. The van der Waals surface area contributed by atoms with Gasteiger partial charge in [-0.1, -0.05) is 11.2 Å². The van der Waals surface area contributed by atoms with Crippen molar-refractivity contribution in [3.8, 4) is 5.75 Å². The van der Waals surface area contributed by atoms with Crippen LogP contribution >= 0.6 is 23.5 Å². The average molecular weight is 438 g/mol. The molecule has 2 rings (SSSR count). The van der Waals surface area contributed by atoms with Crippen molar-refractivity contribution in [2.75, 3.05) is 33.3 Å². The lowest BCUT2D eigenvalue weighted by atomic mass is 9.96. The molecule has 1 unspecified atom stereocenters. The molecule has 0 saturated carbocycles. The zero-order chi connectivity index (χ0) is 21.4. The summed E-state index contributed by atoms with van der Waals surface area (Å²) in [5.41, 5.74) is 1.66. The summed E-state index contributed by atoms with van der Waals surface area (Å²) in [7, 11) is 2.89. The molecule has 156 valence electrons. The summed E-state index contributed by atoms with van der Waals surface area (Å²) < 4.78 is 19.6. The second kappa shape index (κ2) is 11.1. The largest absolute Gasteiger partial charge is 0.491 e. The van der Waals surface area contributed by atoms with Gasteiger partial charge in [-0.3, -0.25) is 9.79 Å². The molecule has 0 aromatic heterocycles. The van der Waals surface area contributed by atoms with Crippen LogP contribution in [0.5, 0.6) is 5.75 Å². The maximum atomic E-state index is 14.3. The summed E-state index contributed by atoms with van der Waals surface area (Å²) in [5.74, 6) is -0.716.